The van der Waals surface area contributed by atoms with Gasteiger partial charge >= 0.3 is 25.7 Å². The first-order valence-electron chi connectivity index (χ1n) is 28.8. The Hall–Kier alpha value is -3.08. The SMILES string of the molecule is CC/C=C\C/C=C\C/C=C\C/C=C\C/C=C\CCCC(=O)OC(COC(=O)CCCCCCC/C=C\CCCCCCCC)COP(=O)(O)OCC(CO)OC(=O)CCCCCCCCCCCCCCC. The zero-order valence-electron chi connectivity index (χ0n) is 45.9. The Bertz CT molecular complexity index is 1490. The fourth-order valence-corrected chi connectivity index (χ4v) is 8.52. The van der Waals surface area contributed by atoms with Crippen LogP contribution in [0.3, 0.4) is 0 Å². The van der Waals surface area contributed by atoms with Gasteiger partial charge in [-0.2, -0.15) is 0 Å². The number of aliphatic hydroxyl groups is 1. The smallest absolute Gasteiger partial charge is 0.462 e. The Kier molecular flexibility index (Phi) is 51.9. The first kappa shape index (κ1) is 68.9. The largest absolute Gasteiger partial charge is 0.472 e. The van der Waals surface area contributed by atoms with Gasteiger partial charge < -0.3 is 24.2 Å². The molecule has 0 rings (SSSR count). The number of aliphatic hydroxyl groups excluding tert-OH is 1. The lowest BCUT2D eigenvalue weighted by Gasteiger charge is -2.21. The summed E-state index contributed by atoms with van der Waals surface area (Å²) in [5.41, 5.74) is 0. The lowest BCUT2D eigenvalue weighted by molar-refractivity contribution is -0.161. The van der Waals surface area contributed by atoms with E-state index in [9.17, 15) is 28.9 Å². The number of rotatable bonds is 53. The lowest BCUT2D eigenvalue weighted by atomic mass is 10.0. The number of ether oxygens (including phenoxy) is 3. The molecule has 0 amide bonds. The summed E-state index contributed by atoms with van der Waals surface area (Å²) < 4.78 is 39.4. The van der Waals surface area contributed by atoms with E-state index in [1.54, 1.807) is 0 Å². The summed E-state index contributed by atoms with van der Waals surface area (Å²) in [6.07, 6.45) is 60.1. The van der Waals surface area contributed by atoms with Gasteiger partial charge in [-0.3, -0.25) is 23.4 Å². The molecule has 72 heavy (non-hydrogen) atoms. The molecule has 0 heterocycles. The summed E-state index contributed by atoms with van der Waals surface area (Å²) >= 11 is 0. The van der Waals surface area contributed by atoms with Crippen LogP contribution in [-0.2, 0) is 42.2 Å². The minimum atomic E-state index is -4.76. The van der Waals surface area contributed by atoms with Crippen molar-refractivity contribution in [3.8, 4) is 0 Å². The van der Waals surface area contributed by atoms with Crippen LogP contribution in [0.25, 0.3) is 0 Å². The third-order valence-electron chi connectivity index (χ3n) is 12.1. The second-order valence-corrected chi connectivity index (χ2v) is 20.5. The van der Waals surface area contributed by atoms with Crippen molar-refractivity contribution in [3.05, 3.63) is 72.9 Å². The molecule has 0 radical (unpaired) electrons. The van der Waals surface area contributed by atoms with Gasteiger partial charge in [0.05, 0.1) is 19.8 Å². The second-order valence-electron chi connectivity index (χ2n) is 19.1. The Balaban J connectivity index is 4.82. The Morgan fingerprint density at radius 3 is 1.18 bits per heavy atom. The van der Waals surface area contributed by atoms with Crippen molar-refractivity contribution < 1.29 is 52.2 Å². The third kappa shape index (κ3) is 51.8. The van der Waals surface area contributed by atoms with E-state index in [1.165, 1.54) is 96.3 Å². The first-order valence-corrected chi connectivity index (χ1v) is 30.3. The van der Waals surface area contributed by atoms with Crippen molar-refractivity contribution in [1.82, 2.24) is 0 Å². The topological polar surface area (TPSA) is 155 Å². The second kappa shape index (κ2) is 54.2. The molecule has 0 saturated heterocycles. The van der Waals surface area contributed by atoms with Crippen LogP contribution < -0.4 is 0 Å². The molecule has 3 unspecified atom stereocenters. The number of hydrogen-bond donors (Lipinski definition) is 2. The lowest BCUT2D eigenvalue weighted by Crippen LogP contribution is -2.30. The van der Waals surface area contributed by atoms with Crippen LogP contribution >= 0.6 is 7.82 Å². The predicted octanol–water partition coefficient (Wildman–Crippen LogP) is 16.9. The van der Waals surface area contributed by atoms with Gasteiger partial charge in [-0.05, 0) is 83.5 Å². The van der Waals surface area contributed by atoms with Gasteiger partial charge in [0.1, 0.15) is 12.7 Å². The molecule has 0 aliphatic carbocycles. The van der Waals surface area contributed by atoms with Gasteiger partial charge in [-0.1, -0.05) is 222 Å². The van der Waals surface area contributed by atoms with Gasteiger partial charge in [0.15, 0.2) is 6.10 Å². The normalized spacial score (nSPS) is 13.9. The number of hydrogen-bond acceptors (Lipinski definition) is 10. The number of phosphoric acid groups is 1. The van der Waals surface area contributed by atoms with E-state index in [1.807, 2.05) is 12.2 Å². The zero-order valence-corrected chi connectivity index (χ0v) is 46.8. The molecule has 416 valence electrons. The van der Waals surface area contributed by atoms with Gasteiger partial charge in [0.25, 0.3) is 0 Å². The summed E-state index contributed by atoms with van der Waals surface area (Å²) in [6.45, 7) is 4.46. The molecule has 0 bridgehead atoms. The number of esters is 3. The molecule has 0 fully saturated rings. The Labute approximate surface area is 439 Å². The number of allylic oxidation sites excluding steroid dienone is 12. The fourth-order valence-electron chi connectivity index (χ4n) is 7.74. The van der Waals surface area contributed by atoms with E-state index < -0.39 is 57.8 Å². The summed E-state index contributed by atoms with van der Waals surface area (Å²) in [5.74, 6) is -1.54. The Morgan fingerprint density at radius 1 is 0.403 bits per heavy atom. The van der Waals surface area contributed by atoms with Crippen molar-refractivity contribution in [2.45, 2.75) is 264 Å². The molecule has 0 aromatic heterocycles. The van der Waals surface area contributed by atoms with Crippen molar-refractivity contribution in [2.75, 3.05) is 26.4 Å². The number of carbonyl (C=O) groups is 3. The average Bonchev–Trinajstić information content (AvgIpc) is 3.37. The standard InChI is InChI=1S/C60H105O11P/c1-4-7-10-13-16-19-22-25-27-28-30-33-36-39-42-45-48-51-60(64)71-57(53-67-58(62)49-46-43-40-37-34-32-29-26-23-20-17-14-11-8-5-2)55-69-72(65,66)68-54-56(52-61)70-59(63)50-47-44-41-38-35-31-24-21-18-15-12-9-6-3/h7,10,16,19,25-27,29-30,33,39,42,56-57,61H,4-6,8-9,11-15,17-18,20-24,28,31-32,34-38,40-41,43-55H2,1-3H3,(H,65,66)/b10-7-,19-16-,27-25-,29-26-,33-30-,42-39-. The molecule has 11 nitrogen and oxygen atoms in total. The van der Waals surface area contributed by atoms with E-state index in [0.29, 0.717) is 25.7 Å². The number of unbranched alkanes of at least 4 members (excludes halogenated alkanes) is 24. The van der Waals surface area contributed by atoms with E-state index in [2.05, 4.69) is 81.5 Å². The maximum absolute atomic E-state index is 12.9. The maximum Gasteiger partial charge on any atom is 0.472 e. The first-order chi connectivity index (χ1) is 35.2. The third-order valence-corrected chi connectivity index (χ3v) is 13.1. The quantitative estimate of drug-likeness (QED) is 0.0197. The van der Waals surface area contributed by atoms with Gasteiger partial charge in [0, 0.05) is 19.3 Å². The molecule has 0 saturated carbocycles. The molecule has 2 N–H and O–H groups in total. The minimum Gasteiger partial charge on any atom is -0.462 e. The number of carbonyl (C=O) groups excluding carboxylic acids is 3. The van der Waals surface area contributed by atoms with Crippen molar-refractivity contribution in [3.63, 3.8) is 0 Å². The van der Waals surface area contributed by atoms with Crippen LogP contribution in [0, 0.1) is 0 Å². The summed E-state index contributed by atoms with van der Waals surface area (Å²) in [4.78, 5) is 48.5. The number of phosphoric ester groups is 1. The van der Waals surface area contributed by atoms with Crippen LogP contribution in [0.5, 0.6) is 0 Å². The summed E-state index contributed by atoms with van der Waals surface area (Å²) in [5, 5.41) is 9.80. The maximum atomic E-state index is 12.9. The minimum absolute atomic E-state index is 0.0871. The van der Waals surface area contributed by atoms with Gasteiger partial charge in [0.2, 0.25) is 0 Å². The Morgan fingerprint density at radius 2 is 0.736 bits per heavy atom. The highest BCUT2D eigenvalue weighted by Gasteiger charge is 2.28. The zero-order chi connectivity index (χ0) is 52.7. The van der Waals surface area contributed by atoms with E-state index in [-0.39, 0.29) is 25.9 Å². The highest BCUT2D eigenvalue weighted by Crippen LogP contribution is 2.43. The molecule has 0 spiro atoms. The van der Waals surface area contributed by atoms with Crippen LogP contribution in [0.1, 0.15) is 252 Å². The van der Waals surface area contributed by atoms with Crippen molar-refractivity contribution in [1.29, 1.82) is 0 Å². The predicted molar refractivity (Wildman–Crippen MR) is 298 cm³/mol. The average molecular weight is 1030 g/mol. The van der Waals surface area contributed by atoms with E-state index >= 15 is 0 Å². The fraction of sp³-hybridized carbons (Fsp3) is 0.750. The molecule has 0 aromatic carbocycles. The van der Waals surface area contributed by atoms with E-state index in [0.717, 1.165) is 89.9 Å². The molecule has 3 atom stereocenters. The van der Waals surface area contributed by atoms with Crippen LogP contribution in [0.15, 0.2) is 72.9 Å². The van der Waals surface area contributed by atoms with Crippen LogP contribution in [0.2, 0.25) is 0 Å². The summed E-state index contributed by atoms with van der Waals surface area (Å²) in [6, 6.07) is 0. The van der Waals surface area contributed by atoms with Gasteiger partial charge in [-0.25, -0.2) is 4.57 Å². The van der Waals surface area contributed by atoms with Gasteiger partial charge in [-0.15, -0.1) is 0 Å². The molecule has 12 heteroatoms. The highest BCUT2D eigenvalue weighted by molar-refractivity contribution is 7.47. The van der Waals surface area contributed by atoms with Crippen molar-refractivity contribution >= 4 is 25.7 Å². The molecular weight excluding hydrogens is 928 g/mol. The monoisotopic (exact) mass is 1030 g/mol. The molecule has 0 aliphatic rings. The van der Waals surface area contributed by atoms with E-state index in [4.69, 9.17) is 23.3 Å². The van der Waals surface area contributed by atoms with Crippen LogP contribution in [0.4, 0.5) is 0 Å². The molecule has 0 aromatic rings. The summed E-state index contributed by atoms with van der Waals surface area (Å²) in [7, 11) is -4.76. The van der Waals surface area contributed by atoms with Crippen molar-refractivity contribution in [2.24, 2.45) is 0 Å². The highest BCUT2D eigenvalue weighted by atomic mass is 31.2. The van der Waals surface area contributed by atoms with Crippen LogP contribution in [-0.4, -0.2) is 66.5 Å². The molecular formula is C60H105O11P. The molecule has 0 aliphatic heterocycles.